The summed E-state index contributed by atoms with van der Waals surface area (Å²) >= 11 is 0. The van der Waals surface area contributed by atoms with E-state index in [0.717, 1.165) is 94.2 Å². The number of aromatic nitrogens is 2. The van der Waals surface area contributed by atoms with Gasteiger partial charge in [0.25, 0.3) is 0 Å². The Hall–Kier alpha value is -10.4. The molecule has 0 atom stereocenters. The number of benzene rings is 12. The number of rotatable bonds is 9. The average molecular weight is 984 g/mol. The molecule has 2 aromatic heterocycles. The highest BCUT2D eigenvalue weighted by Gasteiger charge is 2.20. The van der Waals surface area contributed by atoms with Crippen LogP contribution in [0.3, 0.4) is 0 Å². The van der Waals surface area contributed by atoms with Crippen LogP contribution in [-0.4, -0.2) is 20.9 Å². The Bertz CT molecular complexity index is 4550. The van der Waals surface area contributed by atoms with Crippen LogP contribution in [0.4, 0.5) is 0 Å². The fourth-order valence-corrected chi connectivity index (χ4v) is 11.1. The summed E-state index contributed by atoms with van der Waals surface area (Å²) < 4.78 is 4.58. The molecule has 77 heavy (non-hydrogen) atoms. The van der Waals surface area contributed by atoms with E-state index in [0.29, 0.717) is 5.84 Å². The van der Waals surface area contributed by atoms with Crippen molar-refractivity contribution >= 4 is 66.1 Å². The van der Waals surface area contributed by atoms with Crippen LogP contribution >= 0.6 is 0 Å². The largest absolute Gasteiger partial charge is 0.309 e. The van der Waals surface area contributed by atoms with Gasteiger partial charge in [-0.15, -0.1) is 0 Å². The number of nitrogens with zero attached hydrogens (tertiary/aromatic N) is 3. The first-order valence-electron chi connectivity index (χ1n) is 26.1. The minimum absolute atomic E-state index is 0.154. The molecule has 0 aliphatic carbocycles. The zero-order valence-corrected chi connectivity index (χ0v) is 42.0. The van der Waals surface area contributed by atoms with Gasteiger partial charge in [0, 0.05) is 38.1 Å². The maximum atomic E-state index is 9.47. The van der Waals surface area contributed by atoms with Crippen molar-refractivity contribution in [3.63, 3.8) is 0 Å². The summed E-state index contributed by atoms with van der Waals surface area (Å²) in [6, 6.07) is 101. The molecule has 0 amide bonds. The topological polar surface area (TPSA) is 58.1 Å². The Morgan fingerprint density at radius 2 is 0.649 bits per heavy atom. The SMILES string of the molecule is N=C(N=C(Nn1c2ccc(-c3ccccc3)cc2c2cc(-c3ccc4c(c3)c3cc(-c5ccccc5)ccc3n4-c3cccc4ccccc34)ccc21)c1ccc(-c2ccccc2)cc1)c1ccc(-c2ccccc2)cc1. The Balaban J connectivity index is 0.926. The van der Waals surface area contributed by atoms with Crippen LogP contribution in [0.15, 0.2) is 290 Å². The van der Waals surface area contributed by atoms with Gasteiger partial charge in [-0.3, -0.25) is 15.5 Å². The maximum Gasteiger partial charge on any atom is 0.154 e. The summed E-state index contributed by atoms with van der Waals surface area (Å²) in [6.45, 7) is 0. The fourth-order valence-electron chi connectivity index (χ4n) is 11.1. The van der Waals surface area contributed by atoms with Crippen LogP contribution in [-0.2, 0) is 0 Å². The molecule has 0 radical (unpaired) electrons. The van der Waals surface area contributed by atoms with E-state index in [4.69, 9.17) is 4.99 Å². The number of hydrogen-bond acceptors (Lipinski definition) is 1. The Labute approximate surface area is 446 Å². The van der Waals surface area contributed by atoms with E-state index >= 15 is 0 Å². The lowest BCUT2D eigenvalue weighted by Crippen LogP contribution is -2.25. The lowest BCUT2D eigenvalue weighted by atomic mass is 9.98. The Morgan fingerprint density at radius 1 is 0.299 bits per heavy atom. The molecule has 0 fully saturated rings. The molecule has 5 heteroatoms. The molecule has 0 spiro atoms. The first kappa shape index (κ1) is 45.3. The smallest absolute Gasteiger partial charge is 0.154 e. The maximum absolute atomic E-state index is 9.47. The number of fused-ring (bicyclic) bond motifs is 7. The van der Waals surface area contributed by atoms with Gasteiger partial charge in [0.2, 0.25) is 0 Å². The molecule has 0 unspecified atom stereocenters. The molecule has 2 heterocycles. The van der Waals surface area contributed by atoms with E-state index in [2.05, 4.69) is 263 Å². The van der Waals surface area contributed by atoms with Crippen LogP contribution in [0.25, 0.3) is 116 Å². The van der Waals surface area contributed by atoms with E-state index < -0.39 is 0 Å². The summed E-state index contributed by atoms with van der Waals surface area (Å²) in [5.41, 5.74) is 22.2. The minimum Gasteiger partial charge on any atom is -0.309 e. The van der Waals surface area contributed by atoms with E-state index in [1.165, 1.54) is 32.7 Å². The summed E-state index contributed by atoms with van der Waals surface area (Å²) in [6.07, 6.45) is 0. The van der Waals surface area contributed by atoms with Crippen molar-refractivity contribution in [3.8, 4) is 61.3 Å². The van der Waals surface area contributed by atoms with Gasteiger partial charge in [-0.1, -0.05) is 231 Å². The molecule has 0 aliphatic rings. The summed E-state index contributed by atoms with van der Waals surface area (Å²) in [7, 11) is 0. The summed E-state index contributed by atoms with van der Waals surface area (Å²) in [5, 5.41) is 16.5. The molecule has 2 N–H and O–H groups in total. The monoisotopic (exact) mass is 983 g/mol. The molecule has 5 nitrogen and oxygen atoms in total. The van der Waals surface area contributed by atoms with Crippen LogP contribution in [0.1, 0.15) is 11.1 Å². The fraction of sp³-hybridized carbons (Fsp3) is 0. The third-order valence-electron chi connectivity index (χ3n) is 15.1. The van der Waals surface area contributed by atoms with Gasteiger partial charge in [0.05, 0.1) is 27.8 Å². The van der Waals surface area contributed by atoms with E-state index in [1.807, 2.05) is 36.4 Å². The number of aliphatic imine (C=N–C) groups is 1. The third kappa shape index (κ3) is 8.33. The van der Waals surface area contributed by atoms with Gasteiger partial charge in [0.15, 0.2) is 11.7 Å². The number of amidine groups is 2. The van der Waals surface area contributed by atoms with Crippen molar-refractivity contribution in [2.45, 2.75) is 0 Å². The second-order valence-electron chi connectivity index (χ2n) is 19.6. The zero-order valence-electron chi connectivity index (χ0n) is 42.0. The molecule has 12 aromatic carbocycles. The molecule has 14 aromatic rings. The lowest BCUT2D eigenvalue weighted by Gasteiger charge is -2.15. The lowest BCUT2D eigenvalue weighted by molar-refractivity contribution is 1.08. The van der Waals surface area contributed by atoms with Gasteiger partial charge < -0.3 is 4.57 Å². The summed E-state index contributed by atoms with van der Waals surface area (Å²) in [4.78, 5) is 5.13. The quantitative estimate of drug-likeness (QED) is 0.110. The van der Waals surface area contributed by atoms with Crippen molar-refractivity contribution in [1.82, 2.24) is 9.24 Å². The minimum atomic E-state index is 0.154. The Morgan fingerprint density at radius 3 is 1.13 bits per heavy atom. The standard InChI is InChI=1S/C72H49N5/c73-71(55-32-28-52(29-33-55)48-16-5-1-6-17-48)74-72(56-34-30-53(31-35-56)49-18-7-2-8-19-49)75-77-69-42-38-58(51-22-11-4-12-23-51)45-64(69)65-47-60(39-43-70(65)77)59-37-41-68-63(46-59)62-44-57(50-20-9-3-10-21-50)36-40-67(62)76(68)66-27-15-25-54-24-13-14-26-61(54)66/h1-47H,(H2,73,74,75). The van der Waals surface area contributed by atoms with Crippen molar-refractivity contribution in [1.29, 1.82) is 5.41 Å². The number of hydrogen-bond donors (Lipinski definition) is 2. The molecule has 362 valence electrons. The third-order valence-corrected chi connectivity index (χ3v) is 15.1. The van der Waals surface area contributed by atoms with Crippen LogP contribution < -0.4 is 5.43 Å². The van der Waals surface area contributed by atoms with Gasteiger partial charge in [-0.25, -0.2) is 4.99 Å². The van der Waals surface area contributed by atoms with E-state index in [1.54, 1.807) is 0 Å². The molecular formula is C72H49N5. The highest BCUT2D eigenvalue weighted by atomic mass is 15.4. The average Bonchev–Trinajstić information content (AvgIpc) is 4.00. The van der Waals surface area contributed by atoms with Crippen molar-refractivity contribution < 1.29 is 0 Å². The first-order chi connectivity index (χ1) is 38.1. The van der Waals surface area contributed by atoms with Crippen LogP contribution in [0.5, 0.6) is 0 Å². The van der Waals surface area contributed by atoms with Crippen molar-refractivity contribution in [2.24, 2.45) is 4.99 Å². The number of nitrogens with one attached hydrogen (secondary N) is 2. The highest BCUT2D eigenvalue weighted by Crippen LogP contribution is 2.41. The molecule has 0 bridgehead atoms. The van der Waals surface area contributed by atoms with Gasteiger partial charge in [-0.2, -0.15) is 0 Å². The molecule has 0 aliphatic heterocycles. The second-order valence-corrected chi connectivity index (χ2v) is 19.6. The molecule has 14 rings (SSSR count). The van der Waals surface area contributed by atoms with Crippen LogP contribution in [0.2, 0.25) is 0 Å². The molecule has 0 saturated carbocycles. The first-order valence-corrected chi connectivity index (χ1v) is 26.1. The van der Waals surface area contributed by atoms with Gasteiger partial charge >= 0.3 is 0 Å². The van der Waals surface area contributed by atoms with Gasteiger partial charge in [-0.05, 0) is 116 Å². The predicted molar refractivity (Wildman–Crippen MR) is 324 cm³/mol. The zero-order chi connectivity index (χ0) is 51.2. The van der Waals surface area contributed by atoms with Gasteiger partial charge in [0.1, 0.15) is 0 Å². The molecular weight excluding hydrogens is 935 g/mol. The van der Waals surface area contributed by atoms with E-state index in [-0.39, 0.29) is 5.84 Å². The van der Waals surface area contributed by atoms with E-state index in [9.17, 15) is 5.41 Å². The van der Waals surface area contributed by atoms with Crippen molar-refractivity contribution in [3.05, 3.63) is 296 Å². The molecule has 0 saturated heterocycles. The summed E-state index contributed by atoms with van der Waals surface area (Å²) in [5.74, 6) is 0.710. The normalized spacial score (nSPS) is 11.8. The highest BCUT2D eigenvalue weighted by molar-refractivity contribution is 6.18. The van der Waals surface area contributed by atoms with Crippen molar-refractivity contribution in [2.75, 3.05) is 5.43 Å². The second kappa shape index (κ2) is 19.2. The Kier molecular flexibility index (Phi) is 11.3. The van der Waals surface area contributed by atoms with Crippen LogP contribution in [0, 0.1) is 5.41 Å². The predicted octanol–water partition coefficient (Wildman–Crippen LogP) is 18.4.